The van der Waals surface area contributed by atoms with Crippen molar-refractivity contribution in [1.82, 2.24) is 5.32 Å². The van der Waals surface area contributed by atoms with Gasteiger partial charge >= 0.3 is 0 Å². The van der Waals surface area contributed by atoms with Crippen LogP contribution in [0.2, 0.25) is 0 Å². The number of rotatable bonds is 3. The Hall–Kier alpha value is -1.02. The summed E-state index contributed by atoms with van der Waals surface area (Å²) in [5.41, 5.74) is 4.40. The zero-order valence-electron chi connectivity index (χ0n) is 13.1. The van der Waals surface area contributed by atoms with E-state index in [0.717, 1.165) is 12.3 Å². The Morgan fingerprint density at radius 2 is 1.79 bits per heavy atom. The fourth-order valence-corrected chi connectivity index (χ4v) is 3.75. The minimum atomic E-state index is 0.207. The van der Waals surface area contributed by atoms with Crippen LogP contribution in [0.25, 0.3) is 0 Å². The van der Waals surface area contributed by atoms with Gasteiger partial charge in [0, 0.05) is 6.04 Å². The minimum absolute atomic E-state index is 0.207. The number of aryl methyl sites for hydroxylation is 2. The lowest BCUT2D eigenvalue weighted by Crippen LogP contribution is -2.32. The molecule has 1 aliphatic heterocycles. The zero-order valence-corrected chi connectivity index (χ0v) is 13.1. The van der Waals surface area contributed by atoms with Gasteiger partial charge in [-0.2, -0.15) is 0 Å². The molecular weight excluding hydrogens is 234 g/mol. The molecule has 0 bridgehead atoms. The van der Waals surface area contributed by atoms with Crippen molar-refractivity contribution in [3.05, 3.63) is 28.8 Å². The first-order valence-corrected chi connectivity index (χ1v) is 7.25. The van der Waals surface area contributed by atoms with Crippen molar-refractivity contribution >= 4 is 0 Å². The minimum Gasteiger partial charge on any atom is -0.497 e. The number of hydrogen-bond donors (Lipinski definition) is 1. The average molecular weight is 261 g/mol. The summed E-state index contributed by atoms with van der Waals surface area (Å²) in [5, 5.41) is 3.58. The SMILES string of the molecule is COc1cc(C)c(C(C)(C)C2CNC(C)C2)c(C)c1. The lowest BCUT2D eigenvalue weighted by Gasteiger charge is -2.35. The third-order valence-electron chi connectivity index (χ3n) is 4.76. The Balaban J connectivity index is 2.40. The quantitative estimate of drug-likeness (QED) is 0.898. The van der Waals surface area contributed by atoms with Crippen LogP contribution in [0, 0.1) is 19.8 Å². The van der Waals surface area contributed by atoms with Crippen LogP contribution in [0.5, 0.6) is 5.75 Å². The van der Waals surface area contributed by atoms with Gasteiger partial charge in [0.1, 0.15) is 5.75 Å². The average Bonchev–Trinajstić information content (AvgIpc) is 2.75. The van der Waals surface area contributed by atoms with E-state index < -0.39 is 0 Å². The molecule has 1 heterocycles. The lowest BCUT2D eigenvalue weighted by molar-refractivity contribution is 0.335. The highest BCUT2D eigenvalue weighted by atomic mass is 16.5. The molecule has 2 heteroatoms. The van der Waals surface area contributed by atoms with Gasteiger partial charge in [0.25, 0.3) is 0 Å². The van der Waals surface area contributed by atoms with Crippen LogP contribution < -0.4 is 10.1 Å². The molecule has 2 unspecified atom stereocenters. The van der Waals surface area contributed by atoms with Crippen LogP contribution in [0.4, 0.5) is 0 Å². The number of ether oxygens (including phenoxy) is 1. The summed E-state index contributed by atoms with van der Waals surface area (Å²) < 4.78 is 5.37. The summed E-state index contributed by atoms with van der Waals surface area (Å²) in [6.45, 7) is 12.6. The van der Waals surface area contributed by atoms with Gasteiger partial charge in [-0.3, -0.25) is 0 Å². The van der Waals surface area contributed by atoms with Gasteiger partial charge < -0.3 is 10.1 Å². The summed E-state index contributed by atoms with van der Waals surface area (Å²) in [6, 6.07) is 4.97. The molecule has 19 heavy (non-hydrogen) atoms. The monoisotopic (exact) mass is 261 g/mol. The Morgan fingerprint density at radius 3 is 2.21 bits per heavy atom. The van der Waals surface area contributed by atoms with Gasteiger partial charge in [-0.05, 0) is 73.9 Å². The van der Waals surface area contributed by atoms with E-state index in [1.807, 2.05) is 0 Å². The molecule has 0 aliphatic carbocycles. The van der Waals surface area contributed by atoms with Crippen LogP contribution in [0.3, 0.4) is 0 Å². The Bertz CT molecular complexity index is 441. The first-order chi connectivity index (χ1) is 8.86. The molecule has 0 spiro atoms. The van der Waals surface area contributed by atoms with Gasteiger partial charge in [-0.1, -0.05) is 13.8 Å². The highest BCUT2D eigenvalue weighted by Gasteiger charge is 2.37. The normalized spacial score (nSPS) is 23.7. The van der Waals surface area contributed by atoms with Gasteiger partial charge in [0.2, 0.25) is 0 Å². The van der Waals surface area contributed by atoms with E-state index in [4.69, 9.17) is 4.74 Å². The summed E-state index contributed by atoms with van der Waals surface area (Å²) in [6.07, 6.45) is 1.26. The molecule has 0 saturated carbocycles. The Morgan fingerprint density at radius 1 is 1.21 bits per heavy atom. The fraction of sp³-hybridized carbons (Fsp3) is 0.647. The second kappa shape index (κ2) is 5.16. The lowest BCUT2D eigenvalue weighted by atomic mass is 9.69. The predicted molar refractivity (Wildman–Crippen MR) is 81.1 cm³/mol. The Kier molecular flexibility index (Phi) is 3.91. The maximum atomic E-state index is 5.37. The van der Waals surface area contributed by atoms with E-state index in [2.05, 4.69) is 52.1 Å². The number of nitrogens with one attached hydrogen (secondary N) is 1. The maximum Gasteiger partial charge on any atom is 0.119 e. The molecule has 1 fully saturated rings. The first kappa shape index (κ1) is 14.4. The van der Waals surface area contributed by atoms with Crippen LogP contribution in [0.1, 0.15) is 43.9 Å². The van der Waals surface area contributed by atoms with Gasteiger partial charge in [-0.25, -0.2) is 0 Å². The first-order valence-electron chi connectivity index (χ1n) is 7.25. The van der Waals surface area contributed by atoms with Crippen molar-refractivity contribution in [3.63, 3.8) is 0 Å². The van der Waals surface area contributed by atoms with Crippen LogP contribution in [0.15, 0.2) is 12.1 Å². The van der Waals surface area contributed by atoms with Crippen molar-refractivity contribution < 1.29 is 4.74 Å². The standard InChI is InChI=1S/C17H27NO/c1-11-7-15(19-6)8-12(2)16(11)17(4,5)14-9-13(3)18-10-14/h7-8,13-14,18H,9-10H2,1-6H3. The highest BCUT2D eigenvalue weighted by molar-refractivity contribution is 5.45. The molecule has 1 saturated heterocycles. The van der Waals surface area contributed by atoms with E-state index in [0.29, 0.717) is 12.0 Å². The van der Waals surface area contributed by atoms with E-state index in [1.54, 1.807) is 7.11 Å². The topological polar surface area (TPSA) is 21.3 Å². The fourth-order valence-electron chi connectivity index (χ4n) is 3.75. The van der Waals surface area contributed by atoms with Crippen LogP contribution >= 0.6 is 0 Å². The maximum absolute atomic E-state index is 5.37. The second-order valence-electron chi connectivity index (χ2n) is 6.60. The van der Waals surface area contributed by atoms with Crippen molar-refractivity contribution in [2.24, 2.45) is 5.92 Å². The molecule has 1 aromatic rings. The van der Waals surface area contributed by atoms with Crippen molar-refractivity contribution in [1.29, 1.82) is 0 Å². The predicted octanol–water partition coefficient (Wildman–Crippen LogP) is 3.59. The largest absolute Gasteiger partial charge is 0.497 e. The summed E-state index contributed by atoms with van der Waals surface area (Å²) in [7, 11) is 1.74. The molecule has 2 nitrogen and oxygen atoms in total. The zero-order chi connectivity index (χ0) is 14.2. The number of benzene rings is 1. The molecule has 2 atom stereocenters. The summed E-state index contributed by atoms with van der Waals surface area (Å²) in [4.78, 5) is 0. The van der Waals surface area contributed by atoms with E-state index in [-0.39, 0.29) is 5.41 Å². The van der Waals surface area contributed by atoms with Crippen molar-refractivity contribution in [2.75, 3.05) is 13.7 Å². The molecule has 106 valence electrons. The van der Waals surface area contributed by atoms with Crippen molar-refractivity contribution in [3.8, 4) is 5.75 Å². The van der Waals surface area contributed by atoms with E-state index >= 15 is 0 Å². The smallest absolute Gasteiger partial charge is 0.119 e. The molecule has 1 aliphatic rings. The molecule has 0 aromatic heterocycles. The third-order valence-corrected chi connectivity index (χ3v) is 4.76. The van der Waals surface area contributed by atoms with Gasteiger partial charge in [0.05, 0.1) is 7.11 Å². The van der Waals surface area contributed by atoms with Gasteiger partial charge in [0.15, 0.2) is 0 Å². The van der Waals surface area contributed by atoms with E-state index in [1.165, 1.54) is 23.1 Å². The van der Waals surface area contributed by atoms with E-state index in [9.17, 15) is 0 Å². The molecule has 0 radical (unpaired) electrons. The van der Waals surface area contributed by atoms with Gasteiger partial charge in [-0.15, -0.1) is 0 Å². The molecule has 1 aromatic carbocycles. The Labute approximate surface area is 117 Å². The molecule has 2 rings (SSSR count). The third kappa shape index (κ3) is 2.64. The van der Waals surface area contributed by atoms with Crippen LogP contribution in [-0.4, -0.2) is 19.7 Å². The molecular formula is C17H27NO. The number of methoxy groups -OCH3 is 1. The summed E-state index contributed by atoms with van der Waals surface area (Å²) >= 11 is 0. The second-order valence-corrected chi connectivity index (χ2v) is 6.60. The van der Waals surface area contributed by atoms with Crippen LogP contribution in [-0.2, 0) is 5.41 Å². The number of hydrogen-bond acceptors (Lipinski definition) is 2. The molecule has 1 N–H and O–H groups in total. The summed E-state index contributed by atoms with van der Waals surface area (Å²) in [5.74, 6) is 1.67. The van der Waals surface area contributed by atoms with Crippen molar-refractivity contribution in [2.45, 2.75) is 52.5 Å². The molecule has 0 amide bonds. The highest BCUT2D eigenvalue weighted by Crippen LogP contribution is 2.40.